The van der Waals surface area contributed by atoms with Crippen LogP contribution in [0.15, 0.2) is 60.7 Å². The number of imide groups is 1. The highest BCUT2D eigenvalue weighted by atomic mass is 32.1. The SMILES string of the molecule is COC(=O)c1c(N2C(=O)[C@@H]3[C@@H](ON(c4ccccc4)[C@H]3c3ccccc3)C2=O)sc2c1CC[C@@H](C(C)(C)C)C2. The van der Waals surface area contributed by atoms with Crippen LogP contribution >= 0.6 is 11.3 Å². The minimum Gasteiger partial charge on any atom is -0.465 e. The summed E-state index contributed by atoms with van der Waals surface area (Å²) in [6.45, 7) is 6.69. The first-order chi connectivity index (χ1) is 18.7. The largest absolute Gasteiger partial charge is 0.465 e. The van der Waals surface area contributed by atoms with Crippen molar-refractivity contribution in [2.45, 2.75) is 52.2 Å². The van der Waals surface area contributed by atoms with E-state index in [9.17, 15) is 14.4 Å². The van der Waals surface area contributed by atoms with Crippen LogP contribution in [0.25, 0.3) is 0 Å². The molecule has 3 heterocycles. The summed E-state index contributed by atoms with van der Waals surface area (Å²) in [7, 11) is 1.34. The van der Waals surface area contributed by atoms with E-state index in [1.807, 2.05) is 60.7 Å². The van der Waals surface area contributed by atoms with Crippen molar-refractivity contribution in [3.63, 3.8) is 0 Å². The Balaban J connectivity index is 1.42. The molecule has 0 unspecified atom stereocenters. The fourth-order valence-corrected chi connectivity index (χ4v) is 7.61. The van der Waals surface area contributed by atoms with Gasteiger partial charge in [0.1, 0.15) is 10.9 Å². The summed E-state index contributed by atoms with van der Waals surface area (Å²) in [5.41, 5.74) is 3.02. The van der Waals surface area contributed by atoms with Crippen LogP contribution in [0.5, 0.6) is 0 Å². The van der Waals surface area contributed by atoms with E-state index in [0.717, 1.165) is 34.5 Å². The summed E-state index contributed by atoms with van der Waals surface area (Å²) in [6, 6.07) is 18.7. The van der Waals surface area contributed by atoms with Crippen molar-refractivity contribution in [2.24, 2.45) is 17.3 Å². The standard InChI is InChI=1S/C31H32N2O5S/c1-31(2,3)19-15-16-21-22(17-19)39-29(23(21)30(36)37-4)32-27(34)24-25(18-11-7-5-8-12-18)33(38-26(24)28(32)35)20-13-9-6-10-14-20/h5-14,19,24-26H,15-17H2,1-4H3/t19-,24+,25+,26-/m1/s1. The third-order valence-electron chi connectivity index (χ3n) is 8.33. The number of fused-ring (bicyclic) bond motifs is 2. The highest BCUT2D eigenvalue weighted by Gasteiger charge is 2.61. The normalized spacial score (nSPS) is 24.6. The first kappa shape index (κ1) is 25.8. The summed E-state index contributed by atoms with van der Waals surface area (Å²) in [6.07, 6.45) is 1.47. The lowest BCUT2D eigenvalue weighted by Gasteiger charge is -2.33. The Kier molecular flexibility index (Phi) is 6.35. The molecule has 2 aliphatic heterocycles. The molecule has 2 amide bonds. The minimum atomic E-state index is -0.991. The number of benzene rings is 2. The molecule has 7 nitrogen and oxygen atoms in total. The number of rotatable bonds is 4. The third-order valence-corrected chi connectivity index (χ3v) is 9.57. The molecule has 4 atom stereocenters. The summed E-state index contributed by atoms with van der Waals surface area (Å²) in [4.78, 5) is 49.8. The molecular formula is C31H32N2O5S. The van der Waals surface area contributed by atoms with Crippen molar-refractivity contribution in [3.8, 4) is 0 Å². The third kappa shape index (κ3) is 4.17. The van der Waals surface area contributed by atoms with Gasteiger partial charge in [-0.15, -0.1) is 11.3 Å². The molecular weight excluding hydrogens is 512 g/mol. The Labute approximate surface area is 232 Å². The van der Waals surface area contributed by atoms with Gasteiger partial charge in [-0.2, -0.15) is 0 Å². The Hall–Kier alpha value is -3.49. The number of carbonyl (C=O) groups excluding carboxylic acids is 3. The fourth-order valence-electron chi connectivity index (χ4n) is 6.18. The summed E-state index contributed by atoms with van der Waals surface area (Å²) >= 11 is 1.38. The highest BCUT2D eigenvalue weighted by Crippen LogP contribution is 2.51. The molecule has 2 fully saturated rings. The van der Waals surface area contributed by atoms with Gasteiger partial charge in [0.05, 0.1) is 24.4 Å². The van der Waals surface area contributed by atoms with Gasteiger partial charge < -0.3 is 4.74 Å². The number of carbonyl (C=O) groups is 3. The van der Waals surface area contributed by atoms with Crippen LogP contribution in [-0.4, -0.2) is 31.0 Å². The molecule has 2 saturated heterocycles. The van der Waals surface area contributed by atoms with Crippen LogP contribution in [0, 0.1) is 17.3 Å². The maximum Gasteiger partial charge on any atom is 0.341 e. The van der Waals surface area contributed by atoms with E-state index in [0.29, 0.717) is 22.9 Å². The zero-order valence-corrected chi connectivity index (χ0v) is 23.4. The van der Waals surface area contributed by atoms with E-state index in [1.54, 1.807) is 5.06 Å². The van der Waals surface area contributed by atoms with Gasteiger partial charge in [0.2, 0.25) is 5.91 Å². The van der Waals surface area contributed by atoms with Crippen LogP contribution < -0.4 is 9.96 Å². The number of anilines is 2. The van der Waals surface area contributed by atoms with Gasteiger partial charge in [-0.1, -0.05) is 69.3 Å². The van der Waals surface area contributed by atoms with E-state index in [-0.39, 0.29) is 11.3 Å². The molecule has 0 spiro atoms. The van der Waals surface area contributed by atoms with Crippen LogP contribution in [-0.2, 0) is 32.0 Å². The average molecular weight is 545 g/mol. The number of nitrogens with zero attached hydrogens (tertiary/aromatic N) is 2. The molecule has 8 heteroatoms. The Morgan fingerprint density at radius 3 is 2.31 bits per heavy atom. The van der Waals surface area contributed by atoms with Gasteiger partial charge in [0.25, 0.3) is 5.91 Å². The average Bonchev–Trinajstić information content (AvgIpc) is 3.58. The van der Waals surface area contributed by atoms with Crippen LogP contribution in [0.1, 0.15) is 59.6 Å². The molecule has 1 aliphatic carbocycles. The Morgan fingerprint density at radius 2 is 1.67 bits per heavy atom. The molecule has 3 aromatic rings. The van der Waals surface area contributed by atoms with Gasteiger partial charge in [0.15, 0.2) is 6.10 Å². The quantitative estimate of drug-likeness (QED) is 0.308. The minimum absolute atomic E-state index is 0.112. The number of amides is 2. The predicted octanol–water partition coefficient (Wildman–Crippen LogP) is 5.74. The smallest absolute Gasteiger partial charge is 0.341 e. The molecule has 3 aliphatic rings. The topological polar surface area (TPSA) is 76.2 Å². The molecule has 1 aromatic heterocycles. The molecule has 0 bridgehead atoms. The number of methoxy groups -OCH3 is 1. The van der Waals surface area contributed by atoms with Crippen molar-refractivity contribution in [1.82, 2.24) is 0 Å². The Bertz CT molecular complexity index is 1430. The molecule has 0 N–H and O–H groups in total. The lowest BCUT2D eigenvalue weighted by molar-refractivity contribution is -0.126. The van der Waals surface area contributed by atoms with Crippen molar-refractivity contribution in [2.75, 3.05) is 17.1 Å². The molecule has 2 aromatic carbocycles. The van der Waals surface area contributed by atoms with E-state index in [2.05, 4.69) is 20.8 Å². The molecule has 6 rings (SSSR count). The van der Waals surface area contributed by atoms with E-state index in [1.165, 1.54) is 23.3 Å². The van der Waals surface area contributed by atoms with E-state index < -0.39 is 29.9 Å². The van der Waals surface area contributed by atoms with Crippen molar-refractivity contribution >= 4 is 39.8 Å². The predicted molar refractivity (Wildman–Crippen MR) is 150 cm³/mol. The van der Waals surface area contributed by atoms with E-state index in [4.69, 9.17) is 9.57 Å². The molecule has 202 valence electrons. The zero-order chi connectivity index (χ0) is 27.5. The van der Waals surface area contributed by atoms with Gasteiger partial charge in [-0.3, -0.25) is 14.4 Å². The maximum atomic E-state index is 14.2. The first-order valence-electron chi connectivity index (χ1n) is 13.4. The number of esters is 1. The fraction of sp³-hybridized carbons (Fsp3) is 0.387. The molecule has 0 radical (unpaired) electrons. The van der Waals surface area contributed by atoms with Crippen LogP contribution in [0.2, 0.25) is 0 Å². The van der Waals surface area contributed by atoms with Crippen molar-refractivity contribution in [1.29, 1.82) is 0 Å². The number of para-hydroxylation sites is 1. The zero-order valence-electron chi connectivity index (χ0n) is 22.5. The number of hydrogen-bond acceptors (Lipinski definition) is 7. The number of ether oxygens (including phenoxy) is 1. The maximum absolute atomic E-state index is 14.2. The molecule has 0 saturated carbocycles. The van der Waals surface area contributed by atoms with Crippen LogP contribution in [0.4, 0.5) is 10.7 Å². The van der Waals surface area contributed by atoms with E-state index >= 15 is 0 Å². The second-order valence-corrected chi connectivity index (χ2v) is 12.6. The molecule has 39 heavy (non-hydrogen) atoms. The lowest BCUT2D eigenvalue weighted by Crippen LogP contribution is -2.37. The Morgan fingerprint density at radius 1 is 1.00 bits per heavy atom. The number of hydroxylamine groups is 1. The second-order valence-electron chi connectivity index (χ2n) is 11.6. The van der Waals surface area contributed by atoms with Gasteiger partial charge in [-0.05, 0) is 53.9 Å². The first-order valence-corrected chi connectivity index (χ1v) is 14.2. The monoisotopic (exact) mass is 544 g/mol. The lowest BCUT2D eigenvalue weighted by atomic mass is 9.72. The highest BCUT2D eigenvalue weighted by molar-refractivity contribution is 7.17. The van der Waals surface area contributed by atoms with Gasteiger partial charge in [0, 0.05) is 4.88 Å². The number of hydrogen-bond donors (Lipinski definition) is 0. The second kappa shape index (κ2) is 9.61. The van der Waals surface area contributed by atoms with Crippen molar-refractivity contribution in [3.05, 3.63) is 82.2 Å². The summed E-state index contributed by atoms with van der Waals surface area (Å²) in [5, 5.41) is 2.05. The van der Waals surface area contributed by atoms with Crippen molar-refractivity contribution < 1.29 is 24.0 Å². The summed E-state index contributed by atoms with van der Waals surface area (Å²) < 4.78 is 5.16. The number of thiophene rings is 1. The van der Waals surface area contributed by atoms with Gasteiger partial charge in [-0.25, -0.2) is 14.8 Å². The summed E-state index contributed by atoms with van der Waals surface area (Å²) in [5.74, 6) is -1.63. The van der Waals surface area contributed by atoms with Gasteiger partial charge >= 0.3 is 5.97 Å². The van der Waals surface area contributed by atoms with Crippen LogP contribution in [0.3, 0.4) is 0 Å².